The quantitative estimate of drug-likeness (QED) is 0.192. The number of non-ortho nitro benzene ring substituents is 1. The summed E-state index contributed by atoms with van der Waals surface area (Å²) >= 11 is 1.64. The summed E-state index contributed by atoms with van der Waals surface area (Å²) in [5.41, 5.74) is 2.15. The zero-order chi connectivity index (χ0) is 25.0. The molecule has 0 saturated heterocycles. The highest BCUT2D eigenvalue weighted by atomic mass is 32.2. The van der Waals surface area contributed by atoms with E-state index in [9.17, 15) is 24.5 Å². The Bertz CT molecular complexity index is 1060. The van der Waals surface area contributed by atoms with Gasteiger partial charge in [-0.05, 0) is 30.6 Å². The SMILES string of the molecule is CCSCCOC(=O)C1=C(C)NC2=C(C(=O)[C@H](C(=O)OC)[C@@H](C)C2)[C@H]1c1ccc([N+](=O)[O-])cc1. The average molecular weight is 489 g/mol. The van der Waals surface area contributed by atoms with Crippen LogP contribution < -0.4 is 5.32 Å². The van der Waals surface area contributed by atoms with Crippen LogP contribution in [0.1, 0.15) is 38.7 Å². The fourth-order valence-electron chi connectivity index (χ4n) is 4.49. The number of methoxy groups -OCH3 is 1. The number of nitrogens with one attached hydrogen (secondary N) is 1. The molecule has 1 aliphatic heterocycles. The lowest BCUT2D eigenvalue weighted by molar-refractivity contribution is -0.384. The number of ether oxygens (including phenoxy) is 2. The normalized spacial score (nSPS) is 22.1. The van der Waals surface area contributed by atoms with Crippen molar-refractivity contribution in [3.05, 3.63) is 62.5 Å². The van der Waals surface area contributed by atoms with Gasteiger partial charge in [0.25, 0.3) is 5.69 Å². The Kier molecular flexibility index (Phi) is 8.14. The Morgan fingerprint density at radius 2 is 1.94 bits per heavy atom. The Morgan fingerprint density at radius 1 is 1.26 bits per heavy atom. The fraction of sp³-hybridized carbons (Fsp3) is 0.458. The van der Waals surface area contributed by atoms with E-state index >= 15 is 0 Å². The smallest absolute Gasteiger partial charge is 0.336 e. The monoisotopic (exact) mass is 488 g/mol. The van der Waals surface area contributed by atoms with E-state index in [1.54, 1.807) is 25.6 Å². The molecule has 0 fully saturated rings. The van der Waals surface area contributed by atoms with Gasteiger partial charge in [0, 0.05) is 40.8 Å². The Hall–Kier alpha value is -3.14. The number of allylic oxidation sites excluding steroid dienone is 3. The molecule has 10 heteroatoms. The Morgan fingerprint density at radius 3 is 2.53 bits per heavy atom. The van der Waals surface area contributed by atoms with Gasteiger partial charge in [0.2, 0.25) is 0 Å². The zero-order valence-corrected chi connectivity index (χ0v) is 20.4. The number of benzene rings is 1. The third-order valence-electron chi connectivity index (χ3n) is 6.07. The summed E-state index contributed by atoms with van der Waals surface area (Å²) in [6.45, 7) is 5.76. The van der Waals surface area contributed by atoms with Crippen molar-refractivity contribution in [1.82, 2.24) is 5.32 Å². The lowest BCUT2D eigenvalue weighted by atomic mass is 9.69. The molecule has 3 rings (SSSR count). The molecule has 182 valence electrons. The van der Waals surface area contributed by atoms with E-state index in [4.69, 9.17) is 9.47 Å². The van der Waals surface area contributed by atoms with Crippen LogP contribution in [0, 0.1) is 22.0 Å². The summed E-state index contributed by atoms with van der Waals surface area (Å²) in [7, 11) is 1.24. The number of nitrogens with zero attached hydrogens (tertiary/aromatic N) is 1. The maximum absolute atomic E-state index is 13.6. The molecule has 3 atom stereocenters. The van der Waals surface area contributed by atoms with E-state index in [2.05, 4.69) is 5.32 Å². The molecule has 1 heterocycles. The summed E-state index contributed by atoms with van der Waals surface area (Å²) in [5.74, 6) is -2.20. The number of nitro benzene ring substituents is 1. The molecule has 0 unspecified atom stereocenters. The highest BCUT2D eigenvalue weighted by molar-refractivity contribution is 7.99. The third-order valence-corrected chi connectivity index (χ3v) is 6.93. The topological polar surface area (TPSA) is 125 Å². The number of hydrogen-bond donors (Lipinski definition) is 1. The minimum atomic E-state index is -0.997. The number of carbonyl (C=O) groups is 3. The van der Waals surface area contributed by atoms with E-state index in [0.29, 0.717) is 34.7 Å². The van der Waals surface area contributed by atoms with E-state index in [1.807, 2.05) is 6.92 Å². The van der Waals surface area contributed by atoms with Crippen molar-refractivity contribution in [2.24, 2.45) is 11.8 Å². The van der Waals surface area contributed by atoms with Gasteiger partial charge in [-0.3, -0.25) is 19.7 Å². The Balaban J connectivity index is 2.08. The summed E-state index contributed by atoms with van der Waals surface area (Å²) in [6, 6.07) is 5.73. The first-order valence-electron chi connectivity index (χ1n) is 11.0. The van der Waals surface area contributed by atoms with Crippen LogP contribution >= 0.6 is 11.8 Å². The maximum Gasteiger partial charge on any atom is 0.336 e. The van der Waals surface area contributed by atoms with Crippen LogP contribution in [0.25, 0.3) is 0 Å². The second-order valence-electron chi connectivity index (χ2n) is 8.22. The fourth-order valence-corrected chi connectivity index (χ4v) is 4.98. The third kappa shape index (κ3) is 5.01. The Labute approximate surface area is 202 Å². The van der Waals surface area contributed by atoms with Gasteiger partial charge in [0.1, 0.15) is 12.5 Å². The van der Waals surface area contributed by atoms with Gasteiger partial charge in [0.15, 0.2) is 5.78 Å². The molecule has 0 radical (unpaired) electrons. The van der Waals surface area contributed by atoms with Gasteiger partial charge in [-0.15, -0.1) is 0 Å². The number of thioether (sulfide) groups is 1. The van der Waals surface area contributed by atoms with E-state index in [-0.39, 0.29) is 23.8 Å². The molecule has 1 aromatic rings. The van der Waals surface area contributed by atoms with Gasteiger partial charge in [0.05, 0.1) is 17.6 Å². The van der Waals surface area contributed by atoms with Crippen molar-refractivity contribution in [1.29, 1.82) is 0 Å². The van der Waals surface area contributed by atoms with Crippen LogP contribution in [0.15, 0.2) is 46.8 Å². The standard InChI is InChI=1S/C24H28N2O7S/c1-5-34-11-10-33-24(29)19-14(3)25-17-12-13(2)18(23(28)32-4)22(27)21(17)20(19)15-6-8-16(9-7-15)26(30)31/h6-9,13,18,20,25H,5,10-12H2,1-4H3/t13-,18+,20-/m0/s1. The number of esters is 2. The minimum Gasteiger partial charge on any atom is -0.468 e. The number of dihydropyridines is 1. The number of ketones is 1. The number of rotatable bonds is 8. The van der Waals surface area contributed by atoms with Crippen LogP contribution in [0.3, 0.4) is 0 Å². The first kappa shape index (κ1) is 25.5. The minimum absolute atomic E-state index is 0.107. The summed E-state index contributed by atoms with van der Waals surface area (Å²) in [6.07, 6.45) is 0.414. The molecule has 0 amide bonds. The lowest BCUT2D eigenvalue weighted by Crippen LogP contribution is -2.43. The second kappa shape index (κ2) is 10.9. The summed E-state index contributed by atoms with van der Waals surface area (Å²) < 4.78 is 10.4. The molecule has 34 heavy (non-hydrogen) atoms. The van der Waals surface area contributed by atoms with Crippen LogP contribution in [0.4, 0.5) is 5.69 Å². The van der Waals surface area contributed by atoms with E-state index < -0.39 is 34.5 Å². The molecule has 0 spiro atoms. The summed E-state index contributed by atoms with van der Waals surface area (Å²) in [4.78, 5) is 49.9. The number of hydrogen-bond acceptors (Lipinski definition) is 9. The lowest BCUT2D eigenvalue weighted by Gasteiger charge is -2.38. The molecular weight excluding hydrogens is 460 g/mol. The first-order chi connectivity index (χ1) is 16.2. The second-order valence-corrected chi connectivity index (χ2v) is 9.61. The number of Topliss-reactive ketones (excluding diaryl/α,β-unsaturated/α-hetero) is 1. The van der Waals surface area contributed by atoms with Crippen molar-refractivity contribution >= 4 is 35.2 Å². The largest absolute Gasteiger partial charge is 0.468 e. The highest BCUT2D eigenvalue weighted by Gasteiger charge is 2.47. The van der Waals surface area contributed by atoms with Gasteiger partial charge in [-0.25, -0.2) is 4.79 Å². The molecule has 0 bridgehead atoms. The van der Waals surface area contributed by atoms with Gasteiger partial charge in [-0.1, -0.05) is 26.0 Å². The van der Waals surface area contributed by atoms with Gasteiger partial charge >= 0.3 is 11.9 Å². The predicted molar refractivity (Wildman–Crippen MR) is 127 cm³/mol. The molecule has 0 saturated carbocycles. The van der Waals surface area contributed by atoms with Crippen molar-refractivity contribution < 1.29 is 28.8 Å². The molecule has 9 nitrogen and oxygen atoms in total. The van der Waals surface area contributed by atoms with Crippen molar-refractivity contribution in [3.63, 3.8) is 0 Å². The van der Waals surface area contributed by atoms with E-state index in [0.717, 1.165) is 5.75 Å². The van der Waals surface area contributed by atoms with E-state index in [1.165, 1.54) is 31.4 Å². The molecule has 1 N–H and O–H groups in total. The summed E-state index contributed by atoms with van der Waals surface area (Å²) in [5, 5.41) is 14.3. The predicted octanol–water partition coefficient (Wildman–Crippen LogP) is 3.50. The first-order valence-corrected chi connectivity index (χ1v) is 12.2. The van der Waals surface area contributed by atoms with Crippen molar-refractivity contribution in [2.45, 2.75) is 33.1 Å². The van der Waals surface area contributed by atoms with Crippen molar-refractivity contribution in [3.8, 4) is 0 Å². The molecular formula is C24H28N2O7S. The molecule has 2 aliphatic rings. The van der Waals surface area contributed by atoms with Gasteiger partial charge < -0.3 is 14.8 Å². The van der Waals surface area contributed by atoms with Crippen LogP contribution in [0.5, 0.6) is 0 Å². The zero-order valence-electron chi connectivity index (χ0n) is 19.6. The molecule has 1 aromatic carbocycles. The van der Waals surface area contributed by atoms with Crippen LogP contribution in [-0.2, 0) is 23.9 Å². The average Bonchev–Trinajstić information content (AvgIpc) is 2.80. The van der Waals surface area contributed by atoms with Crippen LogP contribution in [0.2, 0.25) is 0 Å². The number of carbonyl (C=O) groups excluding carboxylic acids is 3. The van der Waals surface area contributed by atoms with Crippen LogP contribution in [-0.4, -0.2) is 47.9 Å². The number of nitro groups is 1. The van der Waals surface area contributed by atoms with Crippen molar-refractivity contribution in [2.75, 3.05) is 25.2 Å². The highest BCUT2D eigenvalue weighted by Crippen LogP contribution is 2.45. The molecule has 1 aliphatic carbocycles. The van der Waals surface area contributed by atoms with Gasteiger partial charge in [-0.2, -0.15) is 11.8 Å². The molecule has 0 aromatic heterocycles. The maximum atomic E-state index is 13.6.